The van der Waals surface area contributed by atoms with E-state index in [1.807, 2.05) is 13.0 Å². The molecule has 0 fully saturated rings. The largest absolute Gasteiger partial charge is 0.446 e. The second-order valence-corrected chi connectivity index (χ2v) is 3.74. The maximum absolute atomic E-state index is 11.6. The van der Waals surface area contributed by atoms with Crippen molar-refractivity contribution in [1.29, 1.82) is 10.8 Å². The highest BCUT2D eigenvalue weighted by Crippen LogP contribution is 2.10. The summed E-state index contributed by atoms with van der Waals surface area (Å²) in [5, 5.41) is 18.3. The highest BCUT2D eigenvalue weighted by molar-refractivity contribution is 6.43. The Morgan fingerprint density at radius 2 is 2.17 bits per heavy atom. The standard InChI is InChI=1S/C11H11N5O2/c1-6-3-2-4-7(5-6)16-10(8(12)9(13)14)15-18-11(16)17/h2-5,12H,1H3,(H3,13,14). The number of nitrogens with zero attached hydrogens (tertiary/aromatic N) is 2. The van der Waals surface area contributed by atoms with E-state index in [1.165, 1.54) is 0 Å². The van der Waals surface area contributed by atoms with Gasteiger partial charge in [-0.1, -0.05) is 17.3 Å². The molecule has 2 rings (SSSR count). The molecule has 1 aromatic heterocycles. The van der Waals surface area contributed by atoms with E-state index in [0.29, 0.717) is 5.69 Å². The van der Waals surface area contributed by atoms with Crippen LogP contribution in [0.2, 0.25) is 0 Å². The van der Waals surface area contributed by atoms with Gasteiger partial charge in [-0.3, -0.25) is 15.3 Å². The molecule has 0 saturated carbocycles. The molecule has 18 heavy (non-hydrogen) atoms. The van der Waals surface area contributed by atoms with Crippen molar-refractivity contribution < 1.29 is 4.52 Å². The van der Waals surface area contributed by atoms with Gasteiger partial charge in [-0.15, -0.1) is 0 Å². The SMILES string of the molecule is Cc1cccc(-n2c(C(=N)C(=N)N)noc2=O)c1. The number of nitrogens with two attached hydrogens (primary N) is 1. The lowest BCUT2D eigenvalue weighted by Crippen LogP contribution is -2.27. The van der Waals surface area contributed by atoms with Crippen molar-refractivity contribution >= 4 is 11.5 Å². The Labute approximate surface area is 102 Å². The Hall–Kier alpha value is -2.70. The van der Waals surface area contributed by atoms with Gasteiger partial charge < -0.3 is 5.73 Å². The summed E-state index contributed by atoms with van der Waals surface area (Å²) in [7, 11) is 0. The molecule has 0 aliphatic heterocycles. The molecule has 0 spiro atoms. The van der Waals surface area contributed by atoms with Crippen LogP contribution in [0, 0.1) is 17.7 Å². The Morgan fingerprint density at radius 1 is 1.44 bits per heavy atom. The number of nitrogens with one attached hydrogen (secondary N) is 2. The summed E-state index contributed by atoms with van der Waals surface area (Å²) in [6.07, 6.45) is 0. The van der Waals surface area contributed by atoms with Crippen LogP contribution in [0.15, 0.2) is 33.6 Å². The molecule has 2 aromatic rings. The van der Waals surface area contributed by atoms with Crippen LogP contribution < -0.4 is 11.5 Å². The van der Waals surface area contributed by atoms with Gasteiger partial charge >= 0.3 is 5.76 Å². The van der Waals surface area contributed by atoms with Crippen LogP contribution >= 0.6 is 0 Å². The first-order chi connectivity index (χ1) is 8.50. The van der Waals surface area contributed by atoms with Crippen molar-refractivity contribution in [3.8, 4) is 5.69 Å². The summed E-state index contributed by atoms with van der Waals surface area (Å²) in [4.78, 5) is 11.6. The summed E-state index contributed by atoms with van der Waals surface area (Å²) < 4.78 is 5.63. The Bertz CT molecular complexity index is 683. The van der Waals surface area contributed by atoms with Crippen LogP contribution in [0.3, 0.4) is 0 Å². The van der Waals surface area contributed by atoms with Gasteiger partial charge in [-0.25, -0.2) is 9.36 Å². The Kier molecular flexibility index (Phi) is 2.80. The molecule has 7 nitrogen and oxygen atoms in total. The first-order valence-corrected chi connectivity index (χ1v) is 5.10. The van der Waals surface area contributed by atoms with Crippen molar-refractivity contribution in [3.63, 3.8) is 0 Å². The first-order valence-electron chi connectivity index (χ1n) is 5.10. The molecule has 1 heterocycles. The molecule has 0 aliphatic rings. The molecule has 92 valence electrons. The van der Waals surface area contributed by atoms with Gasteiger partial charge in [0, 0.05) is 0 Å². The topological polar surface area (TPSA) is 122 Å². The van der Waals surface area contributed by atoms with Crippen molar-refractivity contribution in [2.45, 2.75) is 6.92 Å². The monoisotopic (exact) mass is 245 g/mol. The number of aromatic nitrogens is 2. The predicted octanol–water partition coefficient (Wildman–Crippen LogP) is 0.438. The van der Waals surface area contributed by atoms with E-state index in [2.05, 4.69) is 9.68 Å². The number of rotatable bonds is 3. The van der Waals surface area contributed by atoms with Gasteiger partial charge in [-0.05, 0) is 24.6 Å². The zero-order valence-corrected chi connectivity index (χ0v) is 9.60. The van der Waals surface area contributed by atoms with Gasteiger partial charge in [0.1, 0.15) is 11.5 Å². The van der Waals surface area contributed by atoms with Crippen LogP contribution in [0.25, 0.3) is 5.69 Å². The van der Waals surface area contributed by atoms with E-state index in [-0.39, 0.29) is 11.5 Å². The molecule has 0 radical (unpaired) electrons. The summed E-state index contributed by atoms with van der Waals surface area (Å²) in [5.41, 5.74) is 6.32. The van der Waals surface area contributed by atoms with E-state index in [9.17, 15) is 4.79 Å². The molecule has 0 aliphatic carbocycles. The fourth-order valence-electron chi connectivity index (χ4n) is 1.52. The van der Waals surface area contributed by atoms with Crippen LogP contribution in [0.4, 0.5) is 0 Å². The highest BCUT2D eigenvalue weighted by Gasteiger charge is 2.18. The molecule has 0 bridgehead atoms. The minimum atomic E-state index is -0.721. The molecule has 0 amide bonds. The van der Waals surface area contributed by atoms with Crippen LogP contribution in [-0.4, -0.2) is 21.3 Å². The van der Waals surface area contributed by atoms with Crippen LogP contribution in [0.5, 0.6) is 0 Å². The average molecular weight is 245 g/mol. The van der Waals surface area contributed by atoms with E-state index in [0.717, 1.165) is 10.1 Å². The molecule has 7 heteroatoms. The third-order valence-corrected chi connectivity index (χ3v) is 2.36. The van der Waals surface area contributed by atoms with Gasteiger partial charge in [0.2, 0.25) is 5.82 Å². The summed E-state index contributed by atoms with van der Waals surface area (Å²) in [6.45, 7) is 1.87. The molecule has 0 atom stereocenters. The molecular formula is C11H11N5O2. The van der Waals surface area contributed by atoms with E-state index >= 15 is 0 Å². The molecule has 4 N–H and O–H groups in total. The van der Waals surface area contributed by atoms with Crippen molar-refractivity contribution in [1.82, 2.24) is 9.72 Å². The zero-order chi connectivity index (χ0) is 13.3. The molecule has 0 saturated heterocycles. The third-order valence-electron chi connectivity index (χ3n) is 2.36. The molecular weight excluding hydrogens is 234 g/mol. The fourth-order valence-corrected chi connectivity index (χ4v) is 1.52. The Morgan fingerprint density at radius 3 is 2.78 bits per heavy atom. The number of amidine groups is 1. The van der Waals surface area contributed by atoms with Gasteiger partial charge in [-0.2, -0.15) is 0 Å². The lowest BCUT2D eigenvalue weighted by Gasteiger charge is -2.05. The van der Waals surface area contributed by atoms with Crippen LogP contribution in [-0.2, 0) is 0 Å². The maximum atomic E-state index is 11.6. The zero-order valence-electron chi connectivity index (χ0n) is 9.60. The van der Waals surface area contributed by atoms with E-state index < -0.39 is 11.6 Å². The number of benzene rings is 1. The quantitative estimate of drug-likeness (QED) is 0.536. The minimum absolute atomic E-state index is 0.0851. The van der Waals surface area contributed by atoms with Crippen molar-refractivity contribution in [2.75, 3.05) is 0 Å². The summed E-state index contributed by atoms with van der Waals surface area (Å²) >= 11 is 0. The van der Waals surface area contributed by atoms with Crippen LogP contribution in [0.1, 0.15) is 11.4 Å². The van der Waals surface area contributed by atoms with Gasteiger partial charge in [0.15, 0.2) is 0 Å². The second kappa shape index (κ2) is 4.28. The normalized spacial score (nSPS) is 10.3. The summed E-state index contributed by atoms with van der Waals surface area (Å²) in [5.74, 6) is -1.29. The lowest BCUT2D eigenvalue weighted by atomic mass is 10.2. The number of hydrogen-bond acceptors (Lipinski definition) is 5. The predicted molar refractivity (Wildman–Crippen MR) is 65.6 cm³/mol. The average Bonchev–Trinajstić information content (AvgIpc) is 2.70. The summed E-state index contributed by atoms with van der Waals surface area (Å²) in [6, 6.07) is 7.07. The van der Waals surface area contributed by atoms with Crippen molar-refractivity contribution in [2.24, 2.45) is 5.73 Å². The second-order valence-electron chi connectivity index (χ2n) is 3.74. The lowest BCUT2D eigenvalue weighted by molar-refractivity contribution is 0.382. The van der Waals surface area contributed by atoms with E-state index in [4.69, 9.17) is 16.6 Å². The van der Waals surface area contributed by atoms with Gasteiger partial charge in [0.25, 0.3) is 0 Å². The van der Waals surface area contributed by atoms with E-state index in [1.54, 1.807) is 18.2 Å². The van der Waals surface area contributed by atoms with Gasteiger partial charge in [0.05, 0.1) is 5.69 Å². The van der Waals surface area contributed by atoms with Crippen molar-refractivity contribution in [3.05, 3.63) is 46.2 Å². The number of hydrogen-bond donors (Lipinski definition) is 3. The third kappa shape index (κ3) is 1.93. The fraction of sp³-hybridized carbons (Fsp3) is 0.0909. The highest BCUT2D eigenvalue weighted by atomic mass is 16.5. The number of aryl methyl sites for hydroxylation is 1. The smallest absolute Gasteiger partial charge is 0.382 e. The Balaban J connectivity index is 2.65. The molecule has 1 aromatic carbocycles. The maximum Gasteiger partial charge on any atom is 0.446 e. The molecule has 0 unspecified atom stereocenters. The first kappa shape index (κ1) is 11.8. The minimum Gasteiger partial charge on any atom is -0.382 e.